The van der Waals surface area contributed by atoms with E-state index >= 15 is 0 Å². The van der Waals surface area contributed by atoms with Gasteiger partial charge in [0.25, 0.3) is 5.91 Å². The van der Waals surface area contributed by atoms with Crippen LogP contribution in [0.3, 0.4) is 0 Å². The average Bonchev–Trinajstić information content (AvgIpc) is 1.98. The molecule has 1 aliphatic rings. The second kappa shape index (κ2) is 1.72. The standard InChI is InChI=1S/C5H8N2O2/c1-3-4(8)6-5(9)7(3)2/h3H,1-2H3,(H,6,8,9)/t3-/m1/s1. The van der Waals surface area contributed by atoms with Gasteiger partial charge in [0.15, 0.2) is 0 Å². The van der Waals surface area contributed by atoms with Gasteiger partial charge < -0.3 is 4.90 Å². The molecule has 1 heterocycles. The number of nitrogens with zero attached hydrogens (tertiary/aromatic N) is 1. The van der Waals surface area contributed by atoms with Gasteiger partial charge in [0.2, 0.25) is 0 Å². The summed E-state index contributed by atoms with van der Waals surface area (Å²) in [6.07, 6.45) is 0. The van der Waals surface area contributed by atoms with E-state index in [0.717, 1.165) is 0 Å². The molecule has 1 aliphatic heterocycles. The lowest BCUT2D eigenvalue weighted by Crippen LogP contribution is -2.27. The van der Waals surface area contributed by atoms with Crippen LogP contribution < -0.4 is 5.32 Å². The van der Waals surface area contributed by atoms with Gasteiger partial charge in [-0.2, -0.15) is 0 Å². The lowest BCUT2D eigenvalue weighted by molar-refractivity contribution is -0.120. The number of imide groups is 1. The molecular formula is C5H8N2O2. The van der Waals surface area contributed by atoms with Crippen LogP contribution in [0.25, 0.3) is 0 Å². The van der Waals surface area contributed by atoms with E-state index in [9.17, 15) is 9.59 Å². The summed E-state index contributed by atoms with van der Waals surface area (Å²) in [5.41, 5.74) is 0. The fourth-order valence-electron chi connectivity index (χ4n) is 0.650. The number of amides is 3. The molecule has 3 amide bonds. The van der Waals surface area contributed by atoms with Crippen molar-refractivity contribution in [3.05, 3.63) is 0 Å². The molecule has 1 fully saturated rings. The molecule has 0 aromatic rings. The Balaban J connectivity index is 2.77. The van der Waals surface area contributed by atoms with E-state index in [2.05, 4.69) is 5.32 Å². The first-order valence-electron chi connectivity index (χ1n) is 2.70. The number of urea groups is 1. The number of hydrogen-bond acceptors (Lipinski definition) is 2. The molecule has 0 unspecified atom stereocenters. The average molecular weight is 128 g/mol. The maximum absolute atomic E-state index is 10.6. The van der Waals surface area contributed by atoms with E-state index in [1.807, 2.05) is 0 Å². The van der Waals surface area contributed by atoms with Gasteiger partial charge >= 0.3 is 6.03 Å². The molecule has 0 aromatic heterocycles. The van der Waals surface area contributed by atoms with Crippen LogP contribution in [0.2, 0.25) is 0 Å². The van der Waals surface area contributed by atoms with Crippen LogP contribution in [-0.4, -0.2) is 29.9 Å². The van der Waals surface area contributed by atoms with Gasteiger partial charge in [-0.15, -0.1) is 0 Å². The molecule has 1 rings (SSSR count). The van der Waals surface area contributed by atoms with Crippen molar-refractivity contribution in [3.63, 3.8) is 0 Å². The van der Waals surface area contributed by atoms with Gasteiger partial charge in [0.1, 0.15) is 6.04 Å². The molecule has 1 N–H and O–H groups in total. The highest BCUT2D eigenvalue weighted by molar-refractivity contribution is 6.03. The monoisotopic (exact) mass is 128 g/mol. The smallest absolute Gasteiger partial charge is 0.316 e. The van der Waals surface area contributed by atoms with Crippen LogP contribution in [0.15, 0.2) is 0 Å². The lowest BCUT2D eigenvalue weighted by atomic mass is 10.3. The zero-order valence-electron chi connectivity index (χ0n) is 5.34. The number of rotatable bonds is 0. The fraction of sp³-hybridized carbons (Fsp3) is 0.600. The van der Waals surface area contributed by atoms with E-state index in [0.29, 0.717) is 0 Å². The van der Waals surface area contributed by atoms with E-state index in [1.54, 1.807) is 14.0 Å². The zero-order valence-corrected chi connectivity index (χ0v) is 5.34. The number of likely N-dealkylation sites (N-methyl/N-ethyl adjacent to an activating group) is 1. The van der Waals surface area contributed by atoms with Gasteiger partial charge in [-0.3, -0.25) is 10.1 Å². The Bertz CT molecular complexity index is 148. The summed E-state index contributed by atoms with van der Waals surface area (Å²) in [4.78, 5) is 22.6. The van der Waals surface area contributed by atoms with Crippen molar-refractivity contribution in [2.24, 2.45) is 0 Å². The quantitative estimate of drug-likeness (QED) is 0.449. The number of hydrogen-bond donors (Lipinski definition) is 1. The third kappa shape index (κ3) is 0.759. The van der Waals surface area contributed by atoms with Gasteiger partial charge in [0.05, 0.1) is 0 Å². The Kier molecular flexibility index (Phi) is 1.16. The largest absolute Gasteiger partial charge is 0.324 e. The summed E-state index contributed by atoms with van der Waals surface area (Å²) >= 11 is 0. The first-order chi connectivity index (χ1) is 4.13. The van der Waals surface area contributed by atoms with Crippen LogP contribution in [0.5, 0.6) is 0 Å². The molecule has 0 aliphatic carbocycles. The van der Waals surface area contributed by atoms with E-state index in [-0.39, 0.29) is 18.0 Å². The Morgan fingerprint density at radius 3 is 2.22 bits per heavy atom. The SMILES string of the molecule is C[C@@H]1C(=O)NC(=O)N1C. The second-order valence-electron chi connectivity index (χ2n) is 2.08. The molecule has 9 heavy (non-hydrogen) atoms. The minimum Gasteiger partial charge on any atom is -0.316 e. The van der Waals surface area contributed by atoms with Gasteiger partial charge in [-0.25, -0.2) is 4.79 Å². The molecule has 0 radical (unpaired) electrons. The molecule has 0 spiro atoms. The maximum Gasteiger partial charge on any atom is 0.324 e. The number of carbonyl (C=O) groups excluding carboxylic acids is 2. The molecule has 4 nitrogen and oxygen atoms in total. The van der Waals surface area contributed by atoms with Crippen molar-refractivity contribution >= 4 is 11.9 Å². The first kappa shape index (κ1) is 6.07. The third-order valence-corrected chi connectivity index (χ3v) is 1.51. The highest BCUT2D eigenvalue weighted by atomic mass is 16.2. The highest BCUT2D eigenvalue weighted by Gasteiger charge is 2.31. The van der Waals surface area contributed by atoms with Crippen molar-refractivity contribution in [3.8, 4) is 0 Å². The molecular weight excluding hydrogens is 120 g/mol. The Labute approximate surface area is 52.8 Å². The summed E-state index contributed by atoms with van der Waals surface area (Å²) in [6.45, 7) is 1.68. The van der Waals surface area contributed by atoms with Gasteiger partial charge in [-0.1, -0.05) is 0 Å². The highest BCUT2D eigenvalue weighted by Crippen LogP contribution is 2.02. The van der Waals surface area contributed by atoms with E-state index in [4.69, 9.17) is 0 Å². The number of nitrogens with one attached hydrogen (secondary N) is 1. The van der Waals surface area contributed by atoms with Crippen LogP contribution in [0.4, 0.5) is 4.79 Å². The van der Waals surface area contributed by atoms with E-state index in [1.165, 1.54) is 4.90 Å². The summed E-state index contributed by atoms with van der Waals surface area (Å²) in [5, 5.41) is 2.16. The molecule has 0 aromatic carbocycles. The van der Waals surface area contributed by atoms with Crippen molar-refractivity contribution < 1.29 is 9.59 Å². The third-order valence-electron chi connectivity index (χ3n) is 1.51. The van der Waals surface area contributed by atoms with Crippen molar-refractivity contribution in [1.82, 2.24) is 10.2 Å². The molecule has 1 saturated heterocycles. The Hall–Kier alpha value is -1.06. The minimum atomic E-state index is -0.312. The van der Waals surface area contributed by atoms with Crippen molar-refractivity contribution in [1.29, 1.82) is 0 Å². The van der Waals surface area contributed by atoms with Gasteiger partial charge in [0, 0.05) is 7.05 Å². The molecule has 1 atom stereocenters. The topological polar surface area (TPSA) is 49.4 Å². The summed E-state index contributed by atoms with van der Waals surface area (Å²) in [7, 11) is 1.59. The Morgan fingerprint density at radius 2 is 2.11 bits per heavy atom. The lowest BCUT2D eigenvalue weighted by Gasteiger charge is -2.08. The zero-order chi connectivity index (χ0) is 7.02. The van der Waals surface area contributed by atoms with Gasteiger partial charge in [-0.05, 0) is 6.92 Å². The molecule has 0 saturated carbocycles. The minimum absolute atomic E-state index is 0.220. The first-order valence-corrected chi connectivity index (χ1v) is 2.70. The number of carbonyl (C=O) groups is 2. The second-order valence-corrected chi connectivity index (χ2v) is 2.08. The summed E-state index contributed by atoms with van der Waals surface area (Å²) < 4.78 is 0. The molecule has 4 heteroatoms. The van der Waals surface area contributed by atoms with Crippen LogP contribution >= 0.6 is 0 Å². The molecule has 0 bridgehead atoms. The molecule has 50 valence electrons. The van der Waals surface area contributed by atoms with Crippen LogP contribution in [-0.2, 0) is 4.79 Å². The summed E-state index contributed by atoms with van der Waals surface area (Å²) in [5.74, 6) is -0.220. The van der Waals surface area contributed by atoms with Crippen LogP contribution in [0, 0.1) is 0 Å². The Morgan fingerprint density at radius 1 is 1.56 bits per heavy atom. The normalized spacial score (nSPS) is 26.9. The van der Waals surface area contributed by atoms with E-state index < -0.39 is 0 Å². The predicted molar refractivity (Wildman–Crippen MR) is 30.8 cm³/mol. The summed E-state index contributed by atoms with van der Waals surface area (Å²) in [6, 6.07) is -0.620. The predicted octanol–water partition coefficient (Wildman–Crippen LogP) is -0.444. The van der Waals surface area contributed by atoms with Crippen molar-refractivity contribution in [2.75, 3.05) is 7.05 Å². The van der Waals surface area contributed by atoms with Crippen LogP contribution in [0.1, 0.15) is 6.92 Å². The fourth-order valence-corrected chi connectivity index (χ4v) is 0.650. The maximum atomic E-state index is 10.6. The van der Waals surface area contributed by atoms with Crippen molar-refractivity contribution in [2.45, 2.75) is 13.0 Å².